The van der Waals surface area contributed by atoms with Gasteiger partial charge < -0.3 is 34.7 Å². The maximum Gasteiger partial charge on any atom is 0.332 e. The van der Waals surface area contributed by atoms with E-state index in [1.165, 1.54) is 20.9 Å². The number of hydrogen-bond donors (Lipinski definition) is 3. The van der Waals surface area contributed by atoms with Crippen LogP contribution in [0.15, 0.2) is 30.3 Å². The highest BCUT2D eigenvalue weighted by molar-refractivity contribution is 5.82. The maximum absolute atomic E-state index is 12.5. The number of carbonyl (C=O) groups is 4. The number of carbonyl (C=O) groups excluding carboxylic acids is 3. The zero-order valence-electron chi connectivity index (χ0n) is 18.3. The van der Waals surface area contributed by atoms with E-state index in [0.717, 1.165) is 12.5 Å². The molecule has 1 aliphatic heterocycles. The molecule has 2 rings (SSSR count). The Morgan fingerprint density at radius 1 is 1.12 bits per heavy atom. The smallest absolute Gasteiger partial charge is 0.332 e. The lowest BCUT2D eigenvalue weighted by molar-refractivity contribution is -0.277. The van der Waals surface area contributed by atoms with E-state index < -0.39 is 60.5 Å². The van der Waals surface area contributed by atoms with Crippen molar-refractivity contribution in [3.05, 3.63) is 35.9 Å². The Morgan fingerprint density at radius 2 is 1.78 bits per heavy atom. The Kier molecular flexibility index (Phi) is 9.12. The first-order valence-corrected chi connectivity index (χ1v) is 9.99. The molecule has 1 fully saturated rings. The third kappa shape index (κ3) is 6.74. The summed E-state index contributed by atoms with van der Waals surface area (Å²) in [6.07, 6.45) is -6.53. The van der Waals surface area contributed by atoms with Crippen LogP contribution >= 0.6 is 0 Å². The van der Waals surface area contributed by atoms with Gasteiger partial charge in [0, 0.05) is 20.9 Å². The fraction of sp³-hybridized carbons (Fsp3) is 0.524. The number of carboxylic acids is 1. The van der Waals surface area contributed by atoms with Crippen LogP contribution in [0.4, 0.5) is 0 Å². The highest BCUT2D eigenvalue weighted by atomic mass is 16.7. The summed E-state index contributed by atoms with van der Waals surface area (Å²) in [6, 6.07) is 8.02. The van der Waals surface area contributed by atoms with Gasteiger partial charge in [-0.1, -0.05) is 30.3 Å². The van der Waals surface area contributed by atoms with E-state index >= 15 is 0 Å². The van der Waals surface area contributed by atoms with Crippen molar-refractivity contribution in [1.82, 2.24) is 10.6 Å². The van der Waals surface area contributed by atoms with Gasteiger partial charge in [-0.15, -0.1) is 0 Å². The molecule has 6 atom stereocenters. The minimum absolute atomic E-state index is 0.0709. The molecular weight excluding hydrogens is 424 g/mol. The molecule has 11 nitrogen and oxygen atoms in total. The van der Waals surface area contributed by atoms with Gasteiger partial charge in [-0.05, 0) is 12.5 Å². The van der Waals surface area contributed by atoms with Crippen molar-refractivity contribution in [2.45, 2.75) is 64.1 Å². The molecule has 0 spiro atoms. The predicted octanol–water partition coefficient (Wildman–Crippen LogP) is -0.0312. The van der Waals surface area contributed by atoms with E-state index in [1.54, 1.807) is 0 Å². The molecule has 11 heteroatoms. The Bertz CT molecular complexity index is 817. The lowest BCUT2D eigenvalue weighted by Gasteiger charge is -2.45. The lowest BCUT2D eigenvalue weighted by atomic mass is 9.95. The normalized spacial score (nSPS) is 25.9. The zero-order valence-corrected chi connectivity index (χ0v) is 18.3. The summed E-state index contributed by atoms with van der Waals surface area (Å²) in [5, 5.41) is 14.4. The molecule has 1 aromatic carbocycles. The third-order valence-corrected chi connectivity index (χ3v) is 4.69. The van der Waals surface area contributed by atoms with E-state index in [9.17, 15) is 24.3 Å². The molecule has 0 saturated carbocycles. The highest BCUT2D eigenvalue weighted by Gasteiger charge is 2.52. The number of ether oxygens (including phenoxy) is 4. The van der Waals surface area contributed by atoms with Crippen LogP contribution in [-0.2, 0) is 44.7 Å². The number of carboxylic acid groups (broad SMARTS) is 1. The van der Waals surface area contributed by atoms with Crippen LogP contribution < -0.4 is 10.6 Å². The first-order valence-electron chi connectivity index (χ1n) is 9.99. The van der Waals surface area contributed by atoms with Crippen LogP contribution in [-0.4, -0.2) is 72.7 Å². The molecule has 1 heterocycles. The molecule has 1 aromatic rings. The van der Waals surface area contributed by atoms with Gasteiger partial charge in [-0.3, -0.25) is 14.4 Å². The minimum atomic E-state index is -1.37. The number of likely N-dealkylation sites (N-methyl/N-ethyl adjacent to an activating group) is 1. The summed E-state index contributed by atoms with van der Waals surface area (Å²) in [5.74, 6) is -3.14. The molecule has 0 radical (unpaired) electrons. The topological polar surface area (TPSA) is 149 Å². The van der Waals surface area contributed by atoms with Gasteiger partial charge in [0.1, 0.15) is 12.1 Å². The summed E-state index contributed by atoms with van der Waals surface area (Å²) >= 11 is 0. The number of nitrogens with one attached hydrogen (secondary N) is 2. The monoisotopic (exact) mass is 452 g/mol. The number of rotatable bonds is 9. The van der Waals surface area contributed by atoms with Gasteiger partial charge in [0.25, 0.3) is 5.91 Å². The van der Waals surface area contributed by atoms with Crippen molar-refractivity contribution in [3.63, 3.8) is 0 Å². The SMILES string of the molecule is CNC(=O)[C@H]1O[C@H](OCc2ccccc2)[C@H](NC(C)=O)[C@H](O[C@@H](C)C(=O)O)[C@@H]1OC(C)=O. The van der Waals surface area contributed by atoms with Crippen molar-refractivity contribution in [1.29, 1.82) is 0 Å². The Labute approximate surface area is 185 Å². The molecule has 0 aromatic heterocycles. The predicted molar refractivity (Wildman–Crippen MR) is 109 cm³/mol. The highest BCUT2D eigenvalue weighted by Crippen LogP contribution is 2.29. The molecule has 176 valence electrons. The Morgan fingerprint density at radius 3 is 2.31 bits per heavy atom. The summed E-state index contributed by atoms with van der Waals surface area (Å²) in [5.41, 5.74) is 0.799. The largest absolute Gasteiger partial charge is 0.479 e. The summed E-state index contributed by atoms with van der Waals surface area (Å²) in [4.78, 5) is 47.6. The van der Waals surface area contributed by atoms with Crippen molar-refractivity contribution in [3.8, 4) is 0 Å². The number of esters is 1. The van der Waals surface area contributed by atoms with E-state index in [2.05, 4.69) is 10.6 Å². The van der Waals surface area contributed by atoms with Crippen molar-refractivity contribution >= 4 is 23.8 Å². The molecule has 32 heavy (non-hydrogen) atoms. The zero-order chi connectivity index (χ0) is 23.8. The quantitative estimate of drug-likeness (QED) is 0.439. The van der Waals surface area contributed by atoms with Gasteiger partial charge >= 0.3 is 11.9 Å². The van der Waals surface area contributed by atoms with Crippen molar-refractivity contribution < 1.29 is 43.2 Å². The number of benzene rings is 1. The third-order valence-electron chi connectivity index (χ3n) is 4.69. The molecule has 0 aliphatic carbocycles. The average molecular weight is 452 g/mol. The van der Waals surface area contributed by atoms with Gasteiger partial charge in [-0.25, -0.2) is 4.79 Å². The maximum atomic E-state index is 12.5. The van der Waals surface area contributed by atoms with E-state index in [0.29, 0.717) is 0 Å². The van der Waals surface area contributed by atoms with Gasteiger partial charge in [-0.2, -0.15) is 0 Å². The van der Waals surface area contributed by atoms with Crippen LogP contribution in [0, 0.1) is 0 Å². The van der Waals surface area contributed by atoms with Crippen LogP contribution in [0.5, 0.6) is 0 Å². The van der Waals surface area contributed by atoms with Gasteiger partial charge in [0.2, 0.25) is 5.91 Å². The van der Waals surface area contributed by atoms with Gasteiger partial charge in [0.05, 0.1) is 6.61 Å². The first-order chi connectivity index (χ1) is 15.1. The van der Waals surface area contributed by atoms with Crippen LogP contribution in [0.3, 0.4) is 0 Å². The molecule has 1 aliphatic rings. The summed E-state index contributed by atoms with van der Waals surface area (Å²) in [6.45, 7) is 3.73. The average Bonchev–Trinajstić information content (AvgIpc) is 2.74. The molecule has 3 N–H and O–H groups in total. The molecular formula is C21H28N2O9. The van der Waals surface area contributed by atoms with Crippen molar-refractivity contribution in [2.75, 3.05) is 7.05 Å². The molecule has 2 amide bonds. The number of amides is 2. The number of hydrogen-bond acceptors (Lipinski definition) is 8. The Balaban J connectivity index is 2.43. The van der Waals surface area contributed by atoms with E-state index in [1.807, 2.05) is 30.3 Å². The van der Waals surface area contributed by atoms with Crippen LogP contribution in [0.1, 0.15) is 26.3 Å². The summed E-state index contributed by atoms with van der Waals surface area (Å²) in [7, 11) is 1.37. The van der Waals surface area contributed by atoms with Crippen LogP contribution in [0.25, 0.3) is 0 Å². The second-order valence-corrected chi connectivity index (χ2v) is 7.22. The number of aliphatic carboxylic acids is 1. The standard InChI is InChI=1S/C21H28N2O9/c1-11(20(27)28)30-16-15(23-12(2)24)21(29-10-14-8-6-5-7-9-14)32-18(19(26)22-4)17(16)31-13(3)25/h5-9,11,15-18,21H,10H2,1-4H3,(H,22,26)(H,23,24)(H,27,28)/t11-,15+,16-,17-,18-,21-/m0/s1. The minimum Gasteiger partial charge on any atom is -0.479 e. The first kappa shape index (κ1) is 25.2. The van der Waals surface area contributed by atoms with Crippen LogP contribution in [0.2, 0.25) is 0 Å². The van der Waals surface area contributed by atoms with Gasteiger partial charge in [0.15, 0.2) is 24.6 Å². The molecule has 0 bridgehead atoms. The summed E-state index contributed by atoms with van der Waals surface area (Å²) < 4.78 is 22.6. The second kappa shape index (κ2) is 11.6. The van der Waals surface area contributed by atoms with E-state index in [-0.39, 0.29) is 6.61 Å². The molecule has 0 unspecified atom stereocenters. The lowest BCUT2D eigenvalue weighted by Crippen LogP contribution is -2.68. The molecule has 1 saturated heterocycles. The van der Waals surface area contributed by atoms with E-state index in [4.69, 9.17) is 18.9 Å². The van der Waals surface area contributed by atoms with Crippen molar-refractivity contribution in [2.24, 2.45) is 0 Å². The fourth-order valence-corrected chi connectivity index (χ4v) is 3.25. The second-order valence-electron chi connectivity index (χ2n) is 7.22. The Hall–Kier alpha value is -3.02. The fourth-order valence-electron chi connectivity index (χ4n) is 3.25.